The summed E-state index contributed by atoms with van der Waals surface area (Å²) in [6, 6.07) is 0.504. The van der Waals surface area contributed by atoms with Crippen molar-refractivity contribution in [3.8, 4) is 0 Å². The maximum atomic E-state index is 4.50. The lowest BCUT2D eigenvalue weighted by atomic mass is 9.89. The van der Waals surface area contributed by atoms with Gasteiger partial charge in [0.1, 0.15) is 0 Å². The van der Waals surface area contributed by atoms with Crippen LogP contribution >= 0.6 is 0 Å². The third-order valence-corrected chi connectivity index (χ3v) is 3.50. The zero-order valence-corrected chi connectivity index (χ0v) is 8.58. The second-order valence-corrected chi connectivity index (χ2v) is 4.33. The Morgan fingerprint density at radius 1 is 1.62 bits per heavy atom. The van der Waals surface area contributed by atoms with E-state index in [9.17, 15) is 0 Å². The van der Waals surface area contributed by atoms with Gasteiger partial charge < -0.3 is 10.2 Å². The third kappa shape index (κ3) is 1.57. The Bertz CT molecular complexity index is 214. The molecule has 0 aromatic carbocycles. The minimum atomic E-state index is 0.240. The Morgan fingerprint density at radius 3 is 3.23 bits per heavy atom. The molecule has 2 unspecified atom stereocenters. The van der Waals surface area contributed by atoms with E-state index in [1.165, 1.54) is 32.5 Å². The highest BCUT2D eigenvalue weighted by Crippen LogP contribution is 2.27. The highest BCUT2D eigenvalue weighted by Gasteiger charge is 2.38. The average Bonchev–Trinajstić information content (AvgIpc) is 2.41. The normalized spacial score (nSPS) is 39.7. The van der Waals surface area contributed by atoms with Crippen LogP contribution in [0.2, 0.25) is 0 Å². The Balaban J connectivity index is 2.05. The molecule has 2 aliphatic rings. The highest BCUT2D eigenvalue weighted by atomic mass is 15.2. The summed E-state index contributed by atoms with van der Waals surface area (Å²) in [5.41, 5.74) is 0.240. The van der Waals surface area contributed by atoms with Crippen molar-refractivity contribution in [1.29, 1.82) is 0 Å². The molecule has 1 fully saturated rings. The molecule has 2 heterocycles. The molecule has 3 nitrogen and oxygen atoms in total. The van der Waals surface area contributed by atoms with E-state index in [1.54, 1.807) is 0 Å². The van der Waals surface area contributed by atoms with Crippen LogP contribution in [0, 0.1) is 0 Å². The van der Waals surface area contributed by atoms with Crippen LogP contribution in [0.5, 0.6) is 0 Å². The van der Waals surface area contributed by atoms with Crippen molar-refractivity contribution in [3.05, 3.63) is 0 Å². The van der Waals surface area contributed by atoms with Gasteiger partial charge >= 0.3 is 0 Å². The van der Waals surface area contributed by atoms with Gasteiger partial charge in [0.15, 0.2) is 0 Å². The van der Waals surface area contributed by atoms with Crippen LogP contribution in [0.15, 0.2) is 4.99 Å². The topological polar surface area (TPSA) is 27.6 Å². The fourth-order valence-corrected chi connectivity index (χ4v) is 2.29. The number of hydrogen-bond acceptors (Lipinski definition) is 3. The van der Waals surface area contributed by atoms with Gasteiger partial charge in [-0.1, -0.05) is 6.92 Å². The van der Waals surface area contributed by atoms with E-state index < -0.39 is 0 Å². The molecule has 13 heavy (non-hydrogen) atoms. The second-order valence-electron chi connectivity index (χ2n) is 4.33. The van der Waals surface area contributed by atoms with E-state index in [1.807, 2.05) is 6.34 Å². The molecule has 0 spiro atoms. The number of likely N-dealkylation sites (tertiary alicyclic amines) is 1. The minimum absolute atomic E-state index is 0.240. The van der Waals surface area contributed by atoms with E-state index in [0.717, 1.165) is 0 Å². The number of nitrogens with one attached hydrogen (secondary N) is 1. The molecule has 0 saturated carbocycles. The SMILES string of the molecule is CCN1CCC2N=CNC2(C)CC1. The standard InChI is InChI=1S/C10H19N3/c1-3-13-6-4-9-10(2,5-7-13)12-8-11-9/h8-9H,3-7H2,1-2H3,(H,11,12). The summed E-state index contributed by atoms with van der Waals surface area (Å²) >= 11 is 0. The summed E-state index contributed by atoms with van der Waals surface area (Å²) in [5, 5.41) is 3.40. The van der Waals surface area contributed by atoms with Crippen LogP contribution < -0.4 is 5.32 Å². The lowest BCUT2D eigenvalue weighted by molar-refractivity contribution is 0.288. The molecular formula is C10H19N3. The van der Waals surface area contributed by atoms with E-state index in [0.29, 0.717) is 6.04 Å². The first kappa shape index (κ1) is 9.00. The van der Waals surface area contributed by atoms with Crippen LogP contribution in [0.1, 0.15) is 26.7 Å². The van der Waals surface area contributed by atoms with Crippen molar-refractivity contribution >= 4 is 6.34 Å². The predicted octanol–water partition coefficient (Wildman–Crippen LogP) is 0.861. The second kappa shape index (κ2) is 3.29. The first-order valence-corrected chi connectivity index (χ1v) is 5.26. The summed E-state index contributed by atoms with van der Waals surface area (Å²) in [5.74, 6) is 0. The van der Waals surface area contributed by atoms with Gasteiger partial charge in [-0.25, -0.2) is 0 Å². The quantitative estimate of drug-likeness (QED) is 0.650. The molecule has 0 bridgehead atoms. The van der Waals surface area contributed by atoms with Crippen molar-refractivity contribution in [2.24, 2.45) is 4.99 Å². The van der Waals surface area contributed by atoms with Gasteiger partial charge in [0.25, 0.3) is 0 Å². The Labute approximate surface area is 80.2 Å². The fraction of sp³-hybridized carbons (Fsp3) is 0.900. The molecule has 0 aromatic rings. The molecule has 1 saturated heterocycles. The Hall–Kier alpha value is -0.570. The van der Waals surface area contributed by atoms with Crippen LogP contribution in [0.3, 0.4) is 0 Å². The van der Waals surface area contributed by atoms with Crippen molar-refractivity contribution in [2.45, 2.75) is 38.3 Å². The van der Waals surface area contributed by atoms with Gasteiger partial charge in [-0.15, -0.1) is 0 Å². The fourth-order valence-electron chi connectivity index (χ4n) is 2.29. The van der Waals surface area contributed by atoms with Gasteiger partial charge in [-0.3, -0.25) is 4.99 Å². The van der Waals surface area contributed by atoms with Crippen LogP contribution in [0.25, 0.3) is 0 Å². The molecule has 2 aliphatic heterocycles. The Kier molecular flexibility index (Phi) is 2.28. The lowest BCUT2D eigenvalue weighted by Gasteiger charge is -2.28. The van der Waals surface area contributed by atoms with Gasteiger partial charge in [0, 0.05) is 13.1 Å². The molecule has 0 amide bonds. The number of nitrogens with zero attached hydrogens (tertiary/aromatic N) is 2. The largest absolute Gasteiger partial charge is 0.369 e. The van der Waals surface area contributed by atoms with Crippen molar-refractivity contribution < 1.29 is 0 Å². The van der Waals surface area contributed by atoms with Gasteiger partial charge in [-0.05, 0) is 26.3 Å². The first-order valence-electron chi connectivity index (χ1n) is 5.26. The summed E-state index contributed by atoms with van der Waals surface area (Å²) in [6.07, 6.45) is 4.31. The number of aliphatic imine (C=N–C) groups is 1. The summed E-state index contributed by atoms with van der Waals surface area (Å²) < 4.78 is 0. The maximum Gasteiger partial charge on any atom is 0.0833 e. The summed E-state index contributed by atoms with van der Waals surface area (Å²) in [7, 11) is 0. The minimum Gasteiger partial charge on any atom is -0.369 e. The van der Waals surface area contributed by atoms with Crippen molar-refractivity contribution in [2.75, 3.05) is 19.6 Å². The average molecular weight is 181 g/mol. The molecule has 2 rings (SSSR count). The van der Waals surface area contributed by atoms with E-state index in [4.69, 9.17) is 0 Å². The number of rotatable bonds is 1. The zero-order chi connectivity index (χ0) is 9.31. The van der Waals surface area contributed by atoms with Crippen molar-refractivity contribution in [1.82, 2.24) is 10.2 Å². The van der Waals surface area contributed by atoms with Gasteiger partial charge in [-0.2, -0.15) is 0 Å². The molecule has 0 radical (unpaired) electrons. The smallest absolute Gasteiger partial charge is 0.0833 e. The summed E-state index contributed by atoms with van der Waals surface area (Å²) in [4.78, 5) is 7.01. The number of hydrogen-bond donors (Lipinski definition) is 1. The van der Waals surface area contributed by atoms with E-state index in [-0.39, 0.29) is 5.54 Å². The third-order valence-electron chi connectivity index (χ3n) is 3.50. The van der Waals surface area contributed by atoms with Crippen LogP contribution in [0.4, 0.5) is 0 Å². The van der Waals surface area contributed by atoms with Crippen molar-refractivity contribution in [3.63, 3.8) is 0 Å². The molecular weight excluding hydrogens is 162 g/mol. The first-order chi connectivity index (χ1) is 6.24. The van der Waals surface area contributed by atoms with Gasteiger partial charge in [0.05, 0.1) is 17.9 Å². The Morgan fingerprint density at radius 2 is 2.46 bits per heavy atom. The maximum absolute atomic E-state index is 4.50. The lowest BCUT2D eigenvalue weighted by Crippen LogP contribution is -2.45. The molecule has 1 N–H and O–H groups in total. The summed E-state index contributed by atoms with van der Waals surface area (Å²) in [6.45, 7) is 8.12. The molecule has 2 atom stereocenters. The molecule has 74 valence electrons. The molecule has 0 aromatic heterocycles. The predicted molar refractivity (Wildman–Crippen MR) is 55.2 cm³/mol. The van der Waals surface area contributed by atoms with Crippen LogP contribution in [-0.2, 0) is 0 Å². The molecule has 3 heteroatoms. The van der Waals surface area contributed by atoms with E-state index >= 15 is 0 Å². The van der Waals surface area contributed by atoms with E-state index in [2.05, 4.69) is 29.1 Å². The zero-order valence-electron chi connectivity index (χ0n) is 8.58. The van der Waals surface area contributed by atoms with Gasteiger partial charge in [0.2, 0.25) is 0 Å². The molecule has 0 aliphatic carbocycles. The highest BCUT2D eigenvalue weighted by molar-refractivity contribution is 5.59. The number of fused-ring (bicyclic) bond motifs is 1. The monoisotopic (exact) mass is 181 g/mol. The van der Waals surface area contributed by atoms with Crippen LogP contribution in [-0.4, -0.2) is 42.5 Å².